The Balaban J connectivity index is 2.46. The normalized spacial score (nSPS) is 12.7. The van der Waals surface area contributed by atoms with Gasteiger partial charge in [-0.05, 0) is 61.9 Å². The number of rotatable bonds is 10. The lowest BCUT2D eigenvalue weighted by Crippen LogP contribution is -2.29. The molecule has 0 fully saturated rings. The van der Waals surface area contributed by atoms with Crippen molar-refractivity contribution in [2.75, 3.05) is 14.2 Å². The Kier molecular flexibility index (Phi) is 9.51. The van der Waals surface area contributed by atoms with Crippen LogP contribution in [0.4, 0.5) is 0 Å². The van der Waals surface area contributed by atoms with Gasteiger partial charge in [0.25, 0.3) is 5.91 Å². The minimum atomic E-state index is -0.537. The molecule has 0 heterocycles. The first-order valence-electron chi connectivity index (χ1n) is 10.4. The van der Waals surface area contributed by atoms with E-state index in [-0.39, 0.29) is 5.91 Å². The van der Waals surface area contributed by atoms with Crippen molar-refractivity contribution in [3.8, 4) is 11.5 Å². The first-order chi connectivity index (χ1) is 15.4. The number of aliphatic hydroxyl groups is 1. The fraction of sp³-hybridized carbons (Fsp3) is 0.222. The Morgan fingerprint density at radius 3 is 2.44 bits per heavy atom. The highest BCUT2D eigenvalue weighted by molar-refractivity contribution is 5.95. The smallest absolute Gasteiger partial charge is 0.258 e. The van der Waals surface area contributed by atoms with E-state index in [2.05, 4.69) is 6.58 Å². The van der Waals surface area contributed by atoms with E-state index in [0.29, 0.717) is 29.3 Å². The quantitative estimate of drug-likeness (QED) is 0.511. The largest absolute Gasteiger partial charge is 0.497 e. The zero-order valence-electron chi connectivity index (χ0n) is 19.1. The average molecular weight is 434 g/mol. The third-order valence-electron chi connectivity index (χ3n) is 4.77. The van der Waals surface area contributed by atoms with E-state index in [9.17, 15) is 9.90 Å². The number of ether oxygens (including phenoxy) is 2. The van der Waals surface area contributed by atoms with Crippen LogP contribution in [-0.2, 0) is 6.54 Å². The molecule has 0 radical (unpaired) electrons. The topological polar surface area (TPSA) is 59.0 Å². The Hall–Kier alpha value is -3.57. The van der Waals surface area contributed by atoms with Crippen molar-refractivity contribution in [1.29, 1.82) is 0 Å². The van der Waals surface area contributed by atoms with E-state index >= 15 is 0 Å². The van der Waals surface area contributed by atoms with Gasteiger partial charge in [0.2, 0.25) is 0 Å². The molecule has 1 amide bonds. The number of hydrogen-bond donors (Lipinski definition) is 1. The molecule has 1 atom stereocenters. The summed E-state index contributed by atoms with van der Waals surface area (Å²) in [5, 5.41) is 9.48. The molecule has 32 heavy (non-hydrogen) atoms. The maximum atomic E-state index is 13.4. The van der Waals surface area contributed by atoms with Gasteiger partial charge in [-0.1, -0.05) is 43.0 Å². The van der Waals surface area contributed by atoms with E-state index in [1.807, 2.05) is 49.4 Å². The van der Waals surface area contributed by atoms with Gasteiger partial charge < -0.3 is 19.5 Å². The van der Waals surface area contributed by atoms with Crippen molar-refractivity contribution >= 4 is 12.0 Å². The van der Waals surface area contributed by atoms with Crippen LogP contribution in [0.15, 0.2) is 85.1 Å². The Morgan fingerprint density at radius 2 is 1.88 bits per heavy atom. The van der Waals surface area contributed by atoms with E-state index in [0.717, 1.165) is 11.1 Å². The van der Waals surface area contributed by atoms with E-state index in [1.54, 1.807) is 62.5 Å². The van der Waals surface area contributed by atoms with Gasteiger partial charge in [0, 0.05) is 16.8 Å². The maximum absolute atomic E-state index is 13.4. The number of methoxy groups -OCH3 is 2. The third kappa shape index (κ3) is 6.72. The highest BCUT2D eigenvalue weighted by Crippen LogP contribution is 2.26. The molecule has 2 rings (SSSR count). The lowest BCUT2D eigenvalue weighted by Gasteiger charge is -2.25. The van der Waals surface area contributed by atoms with Gasteiger partial charge in [-0.2, -0.15) is 0 Å². The second kappa shape index (κ2) is 12.3. The summed E-state index contributed by atoms with van der Waals surface area (Å²) in [6, 6.07) is 12.7. The van der Waals surface area contributed by atoms with Crippen molar-refractivity contribution in [3.63, 3.8) is 0 Å². The molecule has 2 aromatic rings. The predicted molar refractivity (Wildman–Crippen MR) is 130 cm³/mol. The molecule has 0 saturated heterocycles. The number of carbonyl (C=O) groups excluding carboxylic acids is 1. The Morgan fingerprint density at radius 1 is 1.16 bits per heavy atom. The summed E-state index contributed by atoms with van der Waals surface area (Å²) in [6.45, 7) is 7.80. The first kappa shape index (κ1) is 24.7. The SMILES string of the molecule is C=C/C(=C\C=C/C)N(Cc1ccc(/C=C\C(C)O)cc1OC)C(=O)c1ccc(OC)cc1. The fourth-order valence-electron chi connectivity index (χ4n) is 3.05. The number of hydrogen-bond acceptors (Lipinski definition) is 4. The Labute approximate surface area is 190 Å². The molecular weight excluding hydrogens is 402 g/mol. The zero-order valence-corrected chi connectivity index (χ0v) is 19.1. The van der Waals surface area contributed by atoms with Crippen LogP contribution in [0, 0.1) is 0 Å². The summed E-state index contributed by atoms with van der Waals surface area (Å²) in [5.74, 6) is 1.17. The standard InChI is InChI=1S/C27H31NO4/c1-6-8-9-24(7-2)28(27(30)22-14-16-25(31-4)17-15-22)19-23-13-12-21(11-10-20(3)29)18-26(23)32-5/h6-18,20,29H,2,19H2,1,3-5H3/b8-6-,11-10-,24-9+. The number of benzene rings is 2. The van der Waals surface area contributed by atoms with Crippen molar-refractivity contribution in [1.82, 2.24) is 4.90 Å². The Bertz CT molecular complexity index is 1000. The molecule has 0 aliphatic rings. The van der Waals surface area contributed by atoms with Crippen LogP contribution in [0.3, 0.4) is 0 Å². The molecule has 5 nitrogen and oxygen atoms in total. The van der Waals surface area contributed by atoms with Gasteiger partial charge in [-0.3, -0.25) is 4.79 Å². The van der Waals surface area contributed by atoms with Gasteiger partial charge in [-0.25, -0.2) is 0 Å². The lowest BCUT2D eigenvalue weighted by molar-refractivity contribution is 0.0800. The molecule has 2 aromatic carbocycles. The molecule has 0 aromatic heterocycles. The van der Waals surface area contributed by atoms with Gasteiger partial charge in [0.05, 0.1) is 26.9 Å². The van der Waals surface area contributed by atoms with E-state index < -0.39 is 6.10 Å². The third-order valence-corrected chi connectivity index (χ3v) is 4.77. The monoisotopic (exact) mass is 433 g/mol. The molecule has 0 bridgehead atoms. The van der Waals surface area contributed by atoms with Gasteiger partial charge in [0.1, 0.15) is 11.5 Å². The highest BCUT2D eigenvalue weighted by Gasteiger charge is 2.20. The summed E-state index contributed by atoms with van der Waals surface area (Å²) in [6.07, 6.45) is 10.3. The zero-order chi connectivity index (χ0) is 23.5. The number of carbonyl (C=O) groups is 1. The second-order valence-corrected chi connectivity index (χ2v) is 7.11. The average Bonchev–Trinajstić information content (AvgIpc) is 2.82. The maximum Gasteiger partial charge on any atom is 0.258 e. The summed E-state index contributed by atoms with van der Waals surface area (Å²) in [4.78, 5) is 15.1. The molecule has 0 aliphatic heterocycles. The highest BCUT2D eigenvalue weighted by atomic mass is 16.5. The molecule has 168 valence electrons. The van der Waals surface area contributed by atoms with Crippen LogP contribution in [0.5, 0.6) is 11.5 Å². The number of amides is 1. The number of allylic oxidation sites excluding steroid dienone is 4. The van der Waals surface area contributed by atoms with Crippen molar-refractivity contribution in [2.45, 2.75) is 26.5 Å². The molecule has 5 heteroatoms. The fourth-order valence-corrected chi connectivity index (χ4v) is 3.05. The first-order valence-corrected chi connectivity index (χ1v) is 10.4. The van der Waals surface area contributed by atoms with Gasteiger partial charge in [0.15, 0.2) is 0 Å². The van der Waals surface area contributed by atoms with Crippen LogP contribution < -0.4 is 9.47 Å². The van der Waals surface area contributed by atoms with Crippen LogP contribution in [-0.4, -0.2) is 36.2 Å². The van der Waals surface area contributed by atoms with Crippen LogP contribution in [0.1, 0.15) is 35.3 Å². The van der Waals surface area contributed by atoms with Crippen molar-refractivity contribution in [3.05, 3.63) is 102 Å². The van der Waals surface area contributed by atoms with E-state index in [4.69, 9.17) is 9.47 Å². The summed E-state index contributed by atoms with van der Waals surface area (Å²) in [5.41, 5.74) is 2.95. The summed E-state index contributed by atoms with van der Waals surface area (Å²) in [7, 11) is 3.19. The predicted octanol–water partition coefficient (Wildman–Crippen LogP) is 5.39. The second-order valence-electron chi connectivity index (χ2n) is 7.11. The van der Waals surface area contributed by atoms with Crippen molar-refractivity contribution < 1.29 is 19.4 Å². The molecule has 0 saturated carbocycles. The van der Waals surface area contributed by atoms with Crippen LogP contribution in [0.25, 0.3) is 6.08 Å². The minimum Gasteiger partial charge on any atom is -0.497 e. The molecular formula is C27H31NO4. The number of aliphatic hydroxyl groups excluding tert-OH is 1. The molecule has 1 N–H and O–H groups in total. The summed E-state index contributed by atoms with van der Waals surface area (Å²) < 4.78 is 10.8. The van der Waals surface area contributed by atoms with Crippen LogP contribution in [0.2, 0.25) is 0 Å². The number of nitrogens with zero attached hydrogens (tertiary/aromatic N) is 1. The van der Waals surface area contributed by atoms with E-state index in [1.165, 1.54) is 0 Å². The minimum absolute atomic E-state index is 0.163. The lowest BCUT2D eigenvalue weighted by atomic mass is 10.1. The van der Waals surface area contributed by atoms with Crippen LogP contribution >= 0.6 is 0 Å². The van der Waals surface area contributed by atoms with Gasteiger partial charge >= 0.3 is 0 Å². The molecule has 0 aliphatic carbocycles. The summed E-state index contributed by atoms with van der Waals surface area (Å²) >= 11 is 0. The molecule has 1 unspecified atom stereocenters. The van der Waals surface area contributed by atoms with Gasteiger partial charge in [-0.15, -0.1) is 0 Å². The van der Waals surface area contributed by atoms with Crippen molar-refractivity contribution in [2.24, 2.45) is 0 Å². The molecule has 0 spiro atoms.